The Morgan fingerprint density at radius 1 is 1.19 bits per heavy atom. The molecule has 6 nitrogen and oxygen atoms in total. The molecule has 0 saturated carbocycles. The fraction of sp³-hybridized carbons (Fsp3) is 0.474. The summed E-state index contributed by atoms with van der Waals surface area (Å²) in [6.07, 6.45) is 0.412. The fourth-order valence-corrected chi connectivity index (χ4v) is 3.79. The van der Waals surface area contributed by atoms with Crippen LogP contribution in [0, 0.1) is 19.3 Å². The summed E-state index contributed by atoms with van der Waals surface area (Å²) in [6.45, 7) is 10.2. The summed E-state index contributed by atoms with van der Waals surface area (Å²) in [4.78, 5) is 26.4. The van der Waals surface area contributed by atoms with Crippen LogP contribution in [0.3, 0.4) is 0 Å². The highest BCUT2D eigenvalue weighted by molar-refractivity contribution is 7.15. The van der Waals surface area contributed by atoms with E-state index in [9.17, 15) is 9.59 Å². The molecule has 0 aliphatic carbocycles. The molecule has 2 heterocycles. The summed E-state index contributed by atoms with van der Waals surface area (Å²) in [5.74, 6) is -0.00357. The number of carbonyl (C=O) groups excluding carboxylic acids is 2. The number of nitrogens with zero attached hydrogens (tertiary/aromatic N) is 3. The SMILES string of the molecule is Cc1cc(C)cc(N2C[C@@H](c3nnc(NC(=O)C(C)(C)C)s3)CC2=O)c1. The maximum absolute atomic E-state index is 12.5. The first-order valence-electron chi connectivity index (χ1n) is 8.67. The van der Waals surface area contributed by atoms with Gasteiger partial charge in [0.25, 0.3) is 0 Å². The van der Waals surface area contributed by atoms with Crippen LogP contribution in [0.25, 0.3) is 0 Å². The van der Waals surface area contributed by atoms with Gasteiger partial charge in [-0.2, -0.15) is 0 Å². The van der Waals surface area contributed by atoms with Crippen molar-refractivity contribution in [3.63, 3.8) is 0 Å². The van der Waals surface area contributed by atoms with Crippen LogP contribution in [0.5, 0.6) is 0 Å². The van der Waals surface area contributed by atoms with Gasteiger partial charge in [0.05, 0.1) is 0 Å². The van der Waals surface area contributed by atoms with E-state index in [4.69, 9.17) is 0 Å². The van der Waals surface area contributed by atoms with Gasteiger partial charge in [-0.1, -0.05) is 38.2 Å². The molecule has 26 heavy (non-hydrogen) atoms. The summed E-state index contributed by atoms with van der Waals surface area (Å²) in [5, 5.41) is 12.4. The first kappa shape index (κ1) is 18.5. The van der Waals surface area contributed by atoms with Crippen molar-refractivity contribution in [2.24, 2.45) is 5.41 Å². The van der Waals surface area contributed by atoms with Crippen LogP contribution >= 0.6 is 11.3 Å². The molecule has 0 spiro atoms. The molecule has 3 rings (SSSR count). The van der Waals surface area contributed by atoms with Crippen molar-refractivity contribution >= 4 is 34.0 Å². The molecule has 1 aliphatic heterocycles. The van der Waals surface area contributed by atoms with Gasteiger partial charge in [-0.25, -0.2) is 0 Å². The molecule has 1 aromatic carbocycles. The molecule has 0 unspecified atom stereocenters. The van der Waals surface area contributed by atoms with Gasteiger partial charge in [0.1, 0.15) is 5.01 Å². The summed E-state index contributed by atoms with van der Waals surface area (Å²) in [5.41, 5.74) is 2.72. The number of aryl methyl sites for hydroxylation is 2. The Bertz CT molecular complexity index is 833. The molecule has 2 amide bonds. The van der Waals surface area contributed by atoms with E-state index in [1.807, 2.05) is 51.7 Å². The zero-order valence-corrected chi connectivity index (χ0v) is 16.6. The highest BCUT2D eigenvalue weighted by atomic mass is 32.1. The first-order chi connectivity index (χ1) is 12.1. The van der Waals surface area contributed by atoms with Crippen LogP contribution in [-0.2, 0) is 9.59 Å². The van der Waals surface area contributed by atoms with E-state index in [1.54, 1.807) is 0 Å². The zero-order chi connectivity index (χ0) is 19.1. The molecule has 1 aromatic heterocycles. The molecule has 1 atom stereocenters. The van der Waals surface area contributed by atoms with Crippen molar-refractivity contribution in [2.45, 2.75) is 47.0 Å². The lowest BCUT2D eigenvalue weighted by Gasteiger charge is -2.17. The lowest BCUT2D eigenvalue weighted by atomic mass is 9.96. The van der Waals surface area contributed by atoms with Crippen LogP contribution in [0.4, 0.5) is 10.8 Å². The summed E-state index contributed by atoms with van der Waals surface area (Å²) >= 11 is 1.35. The highest BCUT2D eigenvalue weighted by Crippen LogP contribution is 2.35. The first-order valence-corrected chi connectivity index (χ1v) is 9.48. The third-order valence-electron chi connectivity index (χ3n) is 4.33. The van der Waals surface area contributed by atoms with Gasteiger partial charge in [-0.3, -0.25) is 9.59 Å². The normalized spacial score (nSPS) is 17.7. The van der Waals surface area contributed by atoms with Crippen LogP contribution in [0.2, 0.25) is 0 Å². The average Bonchev–Trinajstić information content (AvgIpc) is 3.12. The molecular formula is C19H24N4O2S. The third kappa shape index (κ3) is 3.93. The van der Waals surface area contributed by atoms with Gasteiger partial charge in [-0.15, -0.1) is 10.2 Å². The molecule has 1 saturated heterocycles. The molecule has 1 aliphatic rings. The second kappa shape index (κ2) is 6.79. The predicted octanol–water partition coefficient (Wildman–Crippen LogP) is 3.66. The number of rotatable bonds is 3. The Morgan fingerprint density at radius 3 is 2.46 bits per heavy atom. The maximum atomic E-state index is 12.5. The lowest BCUT2D eigenvalue weighted by Crippen LogP contribution is -2.27. The molecule has 0 radical (unpaired) electrons. The molecule has 2 aromatic rings. The number of hydrogen-bond donors (Lipinski definition) is 1. The van der Waals surface area contributed by atoms with E-state index in [1.165, 1.54) is 11.3 Å². The van der Waals surface area contributed by atoms with Crippen molar-refractivity contribution in [1.82, 2.24) is 10.2 Å². The van der Waals surface area contributed by atoms with E-state index in [0.29, 0.717) is 18.1 Å². The van der Waals surface area contributed by atoms with Crippen LogP contribution in [-0.4, -0.2) is 28.6 Å². The highest BCUT2D eigenvalue weighted by Gasteiger charge is 2.34. The smallest absolute Gasteiger partial charge is 0.231 e. The topological polar surface area (TPSA) is 75.2 Å². The van der Waals surface area contributed by atoms with E-state index in [-0.39, 0.29) is 17.7 Å². The molecule has 1 N–H and O–H groups in total. The Hall–Kier alpha value is -2.28. The van der Waals surface area contributed by atoms with Gasteiger partial charge in [0.2, 0.25) is 16.9 Å². The van der Waals surface area contributed by atoms with Gasteiger partial charge >= 0.3 is 0 Å². The van der Waals surface area contributed by atoms with Crippen molar-refractivity contribution in [2.75, 3.05) is 16.8 Å². The number of carbonyl (C=O) groups is 2. The second-order valence-corrected chi connectivity index (χ2v) is 8.91. The molecule has 0 bridgehead atoms. The minimum absolute atomic E-state index is 0.00103. The van der Waals surface area contributed by atoms with Crippen molar-refractivity contribution < 1.29 is 9.59 Å². The quantitative estimate of drug-likeness (QED) is 0.892. The standard InChI is InChI=1S/C19H24N4O2S/c1-11-6-12(2)8-14(7-11)23-10-13(9-15(23)24)16-21-22-18(26-16)20-17(25)19(3,4)5/h6-8,13H,9-10H2,1-5H3,(H,20,22,25)/t13-/m0/s1. The molecule has 1 fully saturated rings. The third-order valence-corrected chi connectivity index (χ3v) is 5.34. The largest absolute Gasteiger partial charge is 0.312 e. The van der Waals surface area contributed by atoms with Gasteiger partial charge in [-0.05, 0) is 37.1 Å². The minimum atomic E-state index is -0.491. The number of aromatic nitrogens is 2. The van der Waals surface area contributed by atoms with Crippen molar-refractivity contribution in [1.29, 1.82) is 0 Å². The van der Waals surface area contributed by atoms with E-state index < -0.39 is 5.41 Å². The summed E-state index contributed by atoms with van der Waals surface area (Å²) < 4.78 is 0. The van der Waals surface area contributed by atoms with Crippen LogP contribution < -0.4 is 10.2 Å². The maximum Gasteiger partial charge on any atom is 0.231 e. The summed E-state index contributed by atoms with van der Waals surface area (Å²) in [7, 11) is 0. The predicted molar refractivity (Wildman–Crippen MR) is 104 cm³/mol. The Labute approximate surface area is 157 Å². The molecular weight excluding hydrogens is 348 g/mol. The average molecular weight is 372 g/mol. The number of nitrogens with one attached hydrogen (secondary N) is 1. The second-order valence-electron chi connectivity index (χ2n) is 7.90. The van der Waals surface area contributed by atoms with Gasteiger partial charge < -0.3 is 10.2 Å². The number of amides is 2. The zero-order valence-electron chi connectivity index (χ0n) is 15.8. The van der Waals surface area contributed by atoms with Crippen molar-refractivity contribution in [3.8, 4) is 0 Å². The van der Waals surface area contributed by atoms with Gasteiger partial charge in [0, 0.05) is 30.0 Å². The Balaban J connectivity index is 1.74. The summed E-state index contributed by atoms with van der Waals surface area (Å²) in [6, 6.07) is 6.15. The lowest BCUT2D eigenvalue weighted by molar-refractivity contribution is -0.123. The fourth-order valence-electron chi connectivity index (χ4n) is 2.96. The van der Waals surface area contributed by atoms with Crippen molar-refractivity contribution in [3.05, 3.63) is 34.3 Å². The number of anilines is 2. The number of benzene rings is 1. The van der Waals surface area contributed by atoms with E-state index in [2.05, 4.69) is 21.6 Å². The monoisotopic (exact) mass is 372 g/mol. The van der Waals surface area contributed by atoms with Crippen LogP contribution in [0.1, 0.15) is 49.2 Å². The minimum Gasteiger partial charge on any atom is -0.312 e. The Kier molecular flexibility index (Phi) is 4.84. The Morgan fingerprint density at radius 2 is 1.85 bits per heavy atom. The van der Waals surface area contributed by atoms with E-state index in [0.717, 1.165) is 21.8 Å². The van der Waals surface area contributed by atoms with E-state index >= 15 is 0 Å². The molecule has 7 heteroatoms. The molecule has 138 valence electrons. The number of hydrogen-bond acceptors (Lipinski definition) is 5. The van der Waals surface area contributed by atoms with Gasteiger partial charge in [0.15, 0.2) is 0 Å². The van der Waals surface area contributed by atoms with Crippen LogP contribution in [0.15, 0.2) is 18.2 Å².